The Bertz CT molecular complexity index is 599. The standard InChI is InChI=1S/C14H11ClFNO2/c15-8-9-1-4-11(5-2-9)17-14(19)12-6-3-10(16)7-13(12)18/h1-7,18H,8H2,(H,17,19). The molecule has 2 N–H and O–H groups in total. The number of phenolic OH excluding ortho intramolecular Hbond substituents is 1. The first-order valence-corrected chi connectivity index (χ1v) is 6.08. The Morgan fingerprint density at radius 1 is 1.21 bits per heavy atom. The van der Waals surface area contributed by atoms with Gasteiger partial charge in [0.25, 0.3) is 5.91 Å². The van der Waals surface area contributed by atoms with Crippen LogP contribution < -0.4 is 5.32 Å². The average molecular weight is 280 g/mol. The van der Waals surface area contributed by atoms with Crippen LogP contribution >= 0.6 is 11.6 Å². The van der Waals surface area contributed by atoms with Gasteiger partial charge in [0.15, 0.2) is 0 Å². The zero-order chi connectivity index (χ0) is 13.8. The molecule has 2 rings (SSSR count). The Labute approximate surface area is 114 Å². The van der Waals surface area contributed by atoms with E-state index in [4.69, 9.17) is 11.6 Å². The van der Waals surface area contributed by atoms with Gasteiger partial charge in [-0.2, -0.15) is 0 Å². The number of aromatic hydroxyl groups is 1. The molecule has 2 aromatic carbocycles. The fourth-order valence-electron chi connectivity index (χ4n) is 1.57. The molecule has 0 aliphatic rings. The smallest absolute Gasteiger partial charge is 0.259 e. The Morgan fingerprint density at radius 3 is 2.47 bits per heavy atom. The molecule has 0 aliphatic heterocycles. The van der Waals surface area contributed by atoms with Gasteiger partial charge in [0.05, 0.1) is 5.56 Å². The number of amides is 1. The molecular weight excluding hydrogens is 269 g/mol. The highest BCUT2D eigenvalue weighted by molar-refractivity contribution is 6.17. The fourth-order valence-corrected chi connectivity index (χ4v) is 1.75. The van der Waals surface area contributed by atoms with Gasteiger partial charge in [-0.25, -0.2) is 4.39 Å². The van der Waals surface area contributed by atoms with Gasteiger partial charge in [-0.15, -0.1) is 11.6 Å². The maximum Gasteiger partial charge on any atom is 0.259 e. The number of anilines is 1. The normalized spacial score (nSPS) is 10.2. The van der Waals surface area contributed by atoms with Crippen LogP contribution in [-0.4, -0.2) is 11.0 Å². The van der Waals surface area contributed by atoms with Crippen molar-refractivity contribution < 1.29 is 14.3 Å². The maximum absolute atomic E-state index is 12.8. The molecule has 0 aromatic heterocycles. The van der Waals surface area contributed by atoms with Crippen molar-refractivity contribution >= 4 is 23.2 Å². The predicted molar refractivity (Wildman–Crippen MR) is 72.0 cm³/mol. The van der Waals surface area contributed by atoms with E-state index in [1.165, 1.54) is 6.07 Å². The van der Waals surface area contributed by atoms with Crippen LogP contribution in [0.25, 0.3) is 0 Å². The van der Waals surface area contributed by atoms with E-state index in [0.717, 1.165) is 17.7 Å². The van der Waals surface area contributed by atoms with Crippen LogP contribution in [0.3, 0.4) is 0 Å². The summed E-state index contributed by atoms with van der Waals surface area (Å²) in [5.41, 5.74) is 1.52. The molecule has 5 heteroatoms. The van der Waals surface area contributed by atoms with Crippen LogP contribution in [0.2, 0.25) is 0 Å². The Kier molecular flexibility index (Phi) is 4.02. The molecule has 3 nitrogen and oxygen atoms in total. The molecule has 0 unspecified atom stereocenters. The van der Waals surface area contributed by atoms with Crippen molar-refractivity contribution in [2.45, 2.75) is 5.88 Å². The molecule has 98 valence electrons. The van der Waals surface area contributed by atoms with E-state index in [9.17, 15) is 14.3 Å². The van der Waals surface area contributed by atoms with Gasteiger partial charge in [0, 0.05) is 17.6 Å². The predicted octanol–water partition coefficient (Wildman–Crippen LogP) is 3.52. The molecule has 2 aromatic rings. The number of hydrogen-bond acceptors (Lipinski definition) is 2. The Balaban J connectivity index is 2.15. The monoisotopic (exact) mass is 279 g/mol. The van der Waals surface area contributed by atoms with Crippen molar-refractivity contribution in [3.05, 3.63) is 59.4 Å². The number of rotatable bonds is 3. The molecule has 0 radical (unpaired) electrons. The molecule has 0 spiro atoms. The van der Waals surface area contributed by atoms with Gasteiger partial charge < -0.3 is 10.4 Å². The minimum absolute atomic E-state index is 0.0165. The van der Waals surface area contributed by atoms with E-state index < -0.39 is 17.5 Å². The van der Waals surface area contributed by atoms with E-state index in [0.29, 0.717) is 11.6 Å². The molecule has 0 saturated carbocycles. The average Bonchev–Trinajstić information content (AvgIpc) is 2.39. The number of carbonyl (C=O) groups is 1. The summed E-state index contributed by atoms with van der Waals surface area (Å²) in [7, 11) is 0. The van der Waals surface area contributed by atoms with Crippen molar-refractivity contribution in [1.29, 1.82) is 0 Å². The highest BCUT2D eigenvalue weighted by Crippen LogP contribution is 2.20. The van der Waals surface area contributed by atoms with Crippen molar-refractivity contribution in [3.63, 3.8) is 0 Å². The van der Waals surface area contributed by atoms with E-state index in [-0.39, 0.29) is 5.56 Å². The lowest BCUT2D eigenvalue weighted by atomic mass is 10.1. The Hall–Kier alpha value is -2.07. The van der Waals surface area contributed by atoms with Crippen LogP contribution in [0.5, 0.6) is 5.75 Å². The third kappa shape index (κ3) is 3.23. The van der Waals surface area contributed by atoms with Crippen molar-refractivity contribution in [1.82, 2.24) is 0 Å². The summed E-state index contributed by atoms with van der Waals surface area (Å²) in [5.74, 6) is -1.10. The lowest BCUT2D eigenvalue weighted by Crippen LogP contribution is -2.12. The van der Waals surface area contributed by atoms with Gasteiger partial charge in [-0.05, 0) is 29.8 Å². The van der Waals surface area contributed by atoms with Gasteiger partial charge >= 0.3 is 0 Å². The molecule has 0 saturated heterocycles. The second kappa shape index (κ2) is 5.71. The minimum atomic E-state index is -0.597. The topological polar surface area (TPSA) is 49.3 Å². The van der Waals surface area contributed by atoms with E-state index in [2.05, 4.69) is 5.32 Å². The van der Waals surface area contributed by atoms with Gasteiger partial charge in [0.1, 0.15) is 11.6 Å². The molecule has 0 fully saturated rings. The Morgan fingerprint density at radius 2 is 1.89 bits per heavy atom. The first-order chi connectivity index (χ1) is 9.10. The number of halogens is 2. The highest BCUT2D eigenvalue weighted by Gasteiger charge is 2.11. The molecule has 0 heterocycles. The number of hydrogen-bond donors (Lipinski definition) is 2. The SMILES string of the molecule is O=C(Nc1ccc(CCl)cc1)c1ccc(F)cc1O. The third-order valence-electron chi connectivity index (χ3n) is 2.57. The van der Waals surface area contributed by atoms with Gasteiger partial charge in [-0.1, -0.05) is 12.1 Å². The van der Waals surface area contributed by atoms with E-state index in [1.807, 2.05) is 0 Å². The lowest BCUT2D eigenvalue weighted by molar-refractivity contribution is 0.102. The summed E-state index contributed by atoms with van der Waals surface area (Å²) >= 11 is 5.66. The zero-order valence-corrected chi connectivity index (χ0v) is 10.6. The third-order valence-corrected chi connectivity index (χ3v) is 2.88. The summed E-state index contributed by atoms with van der Waals surface area (Å²) in [4.78, 5) is 11.9. The molecule has 0 atom stereocenters. The second-order valence-electron chi connectivity index (χ2n) is 3.95. The largest absolute Gasteiger partial charge is 0.507 e. The first kappa shape index (κ1) is 13.4. The van der Waals surface area contributed by atoms with Crippen LogP contribution in [0, 0.1) is 5.82 Å². The van der Waals surface area contributed by atoms with Crippen LogP contribution in [-0.2, 0) is 5.88 Å². The second-order valence-corrected chi connectivity index (χ2v) is 4.21. The van der Waals surface area contributed by atoms with Gasteiger partial charge in [-0.3, -0.25) is 4.79 Å². The molecule has 19 heavy (non-hydrogen) atoms. The van der Waals surface area contributed by atoms with Gasteiger partial charge in [0.2, 0.25) is 0 Å². The lowest BCUT2D eigenvalue weighted by Gasteiger charge is -2.07. The number of carbonyl (C=O) groups excluding carboxylic acids is 1. The summed E-state index contributed by atoms with van der Waals surface area (Å²) in [6.45, 7) is 0. The number of alkyl halides is 1. The van der Waals surface area contributed by atoms with Crippen molar-refractivity contribution in [2.75, 3.05) is 5.32 Å². The number of phenols is 1. The van der Waals surface area contributed by atoms with Crippen molar-refractivity contribution in [2.24, 2.45) is 0 Å². The summed E-state index contributed by atoms with van der Waals surface area (Å²) in [6.07, 6.45) is 0. The minimum Gasteiger partial charge on any atom is -0.507 e. The highest BCUT2D eigenvalue weighted by atomic mass is 35.5. The van der Waals surface area contributed by atoms with Crippen LogP contribution in [0.15, 0.2) is 42.5 Å². The summed E-state index contributed by atoms with van der Waals surface area (Å²) < 4.78 is 12.8. The van der Waals surface area contributed by atoms with Crippen LogP contribution in [0.4, 0.5) is 10.1 Å². The maximum atomic E-state index is 12.8. The van der Waals surface area contributed by atoms with E-state index >= 15 is 0 Å². The number of nitrogens with one attached hydrogen (secondary N) is 1. The molecule has 1 amide bonds. The van der Waals surface area contributed by atoms with E-state index in [1.54, 1.807) is 24.3 Å². The molecule has 0 bridgehead atoms. The fraction of sp³-hybridized carbons (Fsp3) is 0.0714. The molecular formula is C14H11ClFNO2. The summed E-state index contributed by atoms with van der Waals surface area (Å²) in [6, 6.07) is 10.2. The molecule has 0 aliphatic carbocycles. The zero-order valence-electron chi connectivity index (χ0n) is 9.86. The van der Waals surface area contributed by atoms with Crippen LogP contribution in [0.1, 0.15) is 15.9 Å². The number of benzene rings is 2. The quantitative estimate of drug-likeness (QED) is 0.845. The van der Waals surface area contributed by atoms with Crippen molar-refractivity contribution in [3.8, 4) is 5.75 Å². The first-order valence-electron chi connectivity index (χ1n) is 5.55. The summed E-state index contributed by atoms with van der Waals surface area (Å²) in [5, 5.41) is 12.1.